The van der Waals surface area contributed by atoms with Gasteiger partial charge in [-0.25, -0.2) is 9.98 Å². The van der Waals surface area contributed by atoms with Gasteiger partial charge in [-0.3, -0.25) is 0 Å². The standard InChI is InChI=1S/C21H27N5O.HI/c1-4-22-21(24-14-16-10-9-15(2)13-19(16)27-3)23-12-11-20-25-17-7-5-6-8-18(17)26-20;/h5-10,13H,4,11-12,14H2,1-3H3,(H,25,26)(H2,22,23,24);1H. The maximum atomic E-state index is 5.46. The number of para-hydroxylation sites is 2. The van der Waals surface area contributed by atoms with Crippen molar-refractivity contribution in [1.82, 2.24) is 20.6 Å². The van der Waals surface area contributed by atoms with Crippen LogP contribution in [0.25, 0.3) is 11.0 Å². The molecule has 0 bridgehead atoms. The van der Waals surface area contributed by atoms with Gasteiger partial charge in [0, 0.05) is 25.1 Å². The Balaban J connectivity index is 0.00000280. The summed E-state index contributed by atoms with van der Waals surface area (Å²) in [6.07, 6.45) is 0.799. The first-order chi connectivity index (χ1) is 13.2. The molecule has 0 amide bonds. The molecule has 0 saturated heterocycles. The van der Waals surface area contributed by atoms with Gasteiger partial charge >= 0.3 is 0 Å². The van der Waals surface area contributed by atoms with Crippen LogP contribution in [0.5, 0.6) is 5.75 Å². The van der Waals surface area contributed by atoms with Crippen molar-refractivity contribution in [3.63, 3.8) is 0 Å². The number of aromatic nitrogens is 2. The highest BCUT2D eigenvalue weighted by Crippen LogP contribution is 2.20. The zero-order chi connectivity index (χ0) is 19.1. The molecule has 150 valence electrons. The molecule has 0 atom stereocenters. The molecular formula is C21H28IN5O. The van der Waals surface area contributed by atoms with E-state index >= 15 is 0 Å². The van der Waals surface area contributed by atoms with Crippen molar-refractivity contribution in [3.8, 4) is 5.75 Å². The van der Waals surface area contributed by atoms with Crippen molar-refractivity contribution in [3.05, 3.63) is 59.4 Å². The Kier molecular flexibility index (Phi) is 8.56. The van der Waals surface area contributed by atoms with E-state index in [4.69, 9.17) is 4.74 Å². The summed E-state index contributed by atoms with van der Waals surface area (Å²) in [5, 5.41) is 6.65. The molecule has 0 saturated carbocycles. The van der Waals surface area contributed by atoms with E-state index in [1.807, 2.05) is 30.3 Å². The second-order valence-corrected chi connectivity index (χ2v) is 6.39. The second kappa shape index (κ2) is 10.9. The van der Waals surface area contributed by atoms with Gasteiger partial charge in [0.2, 0.25) is 0 Å². The highest BCUT2D eigenvalue weighted by molar-refractivity contribution is 14.0. The monoisotopic (exact) mass is 493 g/mol. The molecule has 0 aliphatic rings. The van der Waals surface area contributed by atoms with Gasteiger partial charge in [-0.1, -0.05) is 24.3 Å². The van der Waals surface area contributed by atoms with Gasteiger partial charge in [0.15, 0.2) is 5.96 Å². The average molecular weight is 493 g/mol. The number of nitrogens with one attached hydrogen (secondary N) is 3. The Labute approximate surface area is 183 Å². The molecule has 1 aromatic heterocycles. The van der Waals surface area contributed by atoms with Crippen molar-refractivity contribution in [2.24, 2.45) is 4.99 Å². The number of fused-ring (bicyclic) bond motifs is 1. The van der Waals surface area contributed by atoms with E-state index in [1.54, 1.807) is 7.11 Å². The minimum absolute atomic E-state index is 0. The molecule has 3 rings (SSSR count). The fraction of sp³-hybridized carbons (Fsp3) is 0.333. The van der Waals surface area contributed by atoms with Gasteiger partial charge in [0.25, 0.3) is 0 Å². The number of hydrogen-bond donors (Lipinski definition) is 3. The Morgan fingerprint density at radius 1 is 1.18 bits per heavy atom. The third-order valence-corrected chi connectivity index (χ3v) is 4.29. The fourth-order valence-electron chi connectivity index (χ4n) is 2.91. The first kappa shape index (κ1) is 22.0. The summed E-state index contributed by atoms with van der Waals surface area (Å²) < 4.78 is 5.46. The molecule has 1 heterocycles. The van der Waals surface area contributed by atoms with Gasteiger partial charge in [-0.05, 0) is 37.6 Å². The number of hydrogen-bond acceptors (Lipinski definition) is 3. The summed E-state index contributed by atoms with van der Waals surface area (Å²) >= 11 is 0. The predicted octanol–water partition coefficient (Wildman–Crippen LogP) is 3.80. The van der Waals surface area contributed by atoms with Gasteiger partial charge in [0.1, 0.15) is 11.6 Å². The van der Waals surface area contributed by atoms with Crippen molar-refractivity contribution < 1.29 is 4.74 Å². The third-order valence-electron chi connectivity index (χ3n) is 4.29. The lowest BCUT2D eigenvalue weighted by atomic mass is 10.1. The van der Waals surface area contributed by atoms with Crippen molar-refractivity contribution in [1.29, 1.82) is 0 Å². The Morgan fingerprint density at radius 2 is 2.00 bits per heavy atom. The highest BCUT2D eigenvalue weighted by atomic mass is 127. The number of aryl methyl sites for hydroxylation is 1. The SMILES string of the molecule is CCNC(=NCc1ccc(C)cc1OC)NCCc1nc2ccccc2[nH]1.I. The molecule has 0 aliphatic heterocycles. The maximum absolute atomic E-state index is 5.46. The number of aromatic amines is 1. The molecule has 0 spiro atoms. The normalized spacial score (nSPS) is 11.2. The summed E-state index contributed by atoms with van der Waals surface area (Å²) in [5.74, 6) is 2.63. The lowest BCUT2D eigenvalue weighted by Gasteiger charge is -2.12. The number of nitrogens with zero attached hydrogens (tertiary/aromatic N) is 2. The Hall–Kier alpha value is -2.29. The summed E-state index contributed by atoms with van der Waals surface area (Å²) in [7, 11) is 1.69. The van der Waals surface area contributed by atoms with Crippen LogP contribution in [0.4, 0.5) is 0 Å². The third kappa shape index (κ3) is 5.85. The van der Waals surface area contributed by atoms with Gasteiger partial charge < -0.3 is 20.4 Å². The number of aliphatic imine (C=N–C) groups is 1. The number of benzene rings is 2. The van der Waals surface area contributed by atoms with E-state index in [9.17, 15) is 0 Å². The average Bonchev–Trinajstić information content (AvgIpc) is 3.09. The molecule has 3 N–H and O–H groups in total. The second-order valence-electron chi connectivity index (χ2n) is 6.39. The summed E-state index contributed by atoms with van der Waals surface area (Å²) in [5.41, 5.74) is 4.31. The smallest absolute Gasteiger partial charge is 0.191 e. The number of H-pyrrole nitrogens is 1. The van der Waals surface area contributed by atoms with Crippen molar-refractivity contribution in [2.75, 3.05) is 20.2 Å². The van der Waals surface area contributed by atoms with E-state index in [1.165, 1.54) is 5.56 Å². The topological polar surface area (TPSA) is 74.3 Å². The predicted molar refractivity (Wildman–Crippen MR) is 126 cm³/mol. The van der Waals surface area contributed by atoms with Crippen molar-refractivity contribution >= 4 is 41.0 Å². The largest absolute Gasteiger partial charge is 0.496 e. The van der Waals surface area contributed by atoms with Crippen LogP contribution in [0.2, 0.25) is 0 Å². The molecule has 0 aliphatic carbocycles. The van der Waals surface area contributed by atoms with Crippen LogP contribution < -0.4 is 15.4 Å². The summed E-state index contributed by atoms with van der Waals surface area (Å²) in [6.45, 7) is 6.23. The summed E-state index contributed by atoms with van der Waals surface area (Å²) in [4.78, 5) is 12.6. The van der Waals surface area contributed by atoms with E-state index < -0.39 is 0 Å². The van der Waals surface area contributed by atoms with Crippen LogP contribution in [-0.2, 0) is 13.0 Å². The van der Waals surface area contributed by atoms with Gasteiger partial charge in [-0.2, -0.15) is 0 Å². The van der Waals surface area contributed by atoms with Crippen LogP contribution in [0.3, 0.4) is 0 Å². The minimum atomic E-state index is 0. The van der Waals surface area contributed by atoms with Crippen molar-refractivity contribution in [2.45, 2.75) is 26.8 Å². The molecule has 7 heteroatoms. The number of imidazole rings is 1. The van der Waals surface area contributed by atoms with Crippen LogP contribution in [0.15, 0.2) is 47.5 Å². The Morgan fingerprint density at radius 3 is 2.75 bits per heavy atom. The number of guanidine groups is 1. The van der Waals surface area contributed by atoms with Crippen LogP contribution in [0.1, 0.15) is 23.9 Å². The van der Waals surface area contributed by atoms with Crippen LogP contribution in [-0.4, -0.2) is 36.1 Å². The number of ether oxygens (including phenoxy) is 1. The zero-order valence-corrected chi connectivity index (χ0v) is 18.9. The highest BCUT2D eigenvalue weighted by Gasteiger charge is 2.05. The number of halogens is 1. The quantitative estimate of drug-likeness (QED) is 0.266. The molecule has 6 nitrogen and oxygen atoms in total. The van der Waals surface area contributed by atoms with E-state index in [0.29, 0.717) is 6.54 Å². The van der Waals surface area contributed by atoms with Crippen LogP contribution in [0, 0.1) is 6.92 Å². The number of rotatable bonds is 7. The first-order valence-corrected chi connectivity index (χ1v) is 9.29. The molecule has 3 aromatic rings. The Bertz CT molecular complexity index is 889. The van der Waals surface area contributed by atoms with E-state index in [0.717, 1.165) is 53.6 Å². The van der Waals surface area contributed by atoms with E-state index in [2.05, 4.69) is 51.6 Å². The molecular weight excluding hydrogens is 465 g/mol. The summed E-state index contributed by atoms with van der Waals surface area (Å²) in [6, 6.07) is 14.2. The van der Waals surface area contributed by atoms with E-state index in [-0.39, 0.29) is 24.0 Å². The lowest BCUT2D eigenvalue weighted by Crippen LogP contribution is -2.38. The lowest BCUT2D eigenvalue weighted by molar-refractivity contribution is 0.409. The number of methoxy groups -OCH3 is 1. The maximum Gasteiger partial charge on any atom is 0.191 e. The molecule has 0 fully saturated rings. The first-order valence-electron chi connectivity index (χ1n) is 9.29. The molecule has 2 aromatic carbocycles. The van der Waals surface area contributed by atoms with Gasteiger partial charge in [0.05, 0.1) is 24.7 Å². The molecule has 28 heavy (non-hydrogen) atoms. The fourth-order valence-corrected chi connectivity index (χ4v) is 2.91. The molecule has 0 radical (unpaired) electrons. The zero-order valence-electron chi connectivity index (χ0n) is 16.6. The van der Waals surface area contributed by atoms with Crippen LogP contribution >= 0.6 is 24.0 Å². The minimum Gasteiger partial charge on any atom is -0.496 e. The molecule has 0 unspecified atom stereocenters. The van der Waals surface area contributed by atoms with Gasteiger partial charge in [-0.15, -0.1) is 24.0 Å².